The number of Topliss-reactive ketones (excluding diaryl/α,β-unsaturated/α-hetero) is 1. The zero-order chi connectivity index (χ0) is 17.8. The molecule has 1 unspecified atom stereocenters. The van der Waals surface area contributed by atoms with Crippen LogP contribution in [0.15, 0.2) is 65.9 Å². The number of nitrogens with zero attached hydrogens (tertiary/aromatic N) is 2. The first-order valence-corrected chi connectivity index (χ1v) is 7.77. The SMILES string of the molecule is COc1cccc(C(=O)C2C=CN(c3ccccc3)N=C2N)c1OC. The molecule has 1 atom stereocenters. The van der Waals surface area contributed by atoms with Gasteiger partial charge in [-0.1, -0.05) is 24.3 Å². The van der Waals surface area contributed by atoms with Gasteiger partial charge in [-0.05, 0) is 30.3 Å². The Morgan fingerprint density at radius 2 is 1.84 bits per heavy atom. The molecule has 0 radical (unpaired) electrons. The molecule has 1 aliphatic rings. The number of carbonyl (C=O) groups excluding carboxylic acids is 1. The van der Waals surface area contributed by atoms with Crippen molar-refractivity contribution < 1.29 is 14.3 Å². The average molecular weight is 337 g/mol. The number of para-hydroxylation sites is 2. The van der Waals surface area contributed by atoms with Crippen molar-refractivity contribution in [2.75, 3.05) is 19.2 Å². The van der Waals surface area contributed by atoms with Crippen LogP contribution in [0.2, 0.25) is 0 Å². The summed E-state index contributed by atoms with van der Waals surface area (Å²) < 4.78 is 10.6. The number of ether oxygens (including phenoxy) is 2. The zero-order valence-electron chi connectivity index (χ0n) is 14.0. The predicted molar refractivity (Wildman–Crippen MR) is 97.0 cm³/mol. The lowest BCUT2D eigenvalue weighted by atomic mass is 9.95. The number of ketones is 1. The first-order valence-electron chi connectivity index (χ1n) is 7.77. The van der Waals surface area contributed by atoms with E-state index in [2.05, 4.69) is 5.10 Å². The third-order valence-electron chi connectivity index (χ3n) is 3.93. The Hall–Kier alpha value is -3.28. The quantitative estimate of drug-likeness (QED) is 0.849. The first-order chi connectivity index (χ1) is 12.2. The summed E-state index contributed by atoms with van der Waals surface area (Å²) in [4.78, 5) is 12.9. The zero-order valence-corrected chi connectivity index (χ0v) is 14.0. The van der Waals surface area contributed by atoms with Gasteiger partial charge in [-0.3, -0.25) is 4.79 Å². The molecule has 0 saturated heterocycles. The van der Waals surface area contributed by atoms with Crippen LogP contribution in [0.25, 0.3) is 0 Å². The summed E-state index contributed by atoms with van der Waals surface area (Å²) in [5, 5.41) is 5.97. The van der Waals surface area contributed by atoms with Crippen molar-refractivity contribution in [3.05, 3.63) is 66.4 Å². The highest BCUT2D eigenvalue weighted by Gasteiger charge is 2.28. The molecule has 2 aromatic rings. The molecule has 2 N–H and O–H groups in total. The monoisotopic (exact) mass is 337 g/mol. The van der Waals surface area contributed by atoms with E-state index in [1.807, 2.05) is 30.3 Å². The molecule has 6 heteroatoms. The molecule has 6 nitrogen and oxygen atoms in total. The van der Waals surface area contributed by atoms with Gasteiger partial charge in [-0.15, -0.1) is 0 Å². The lowest BCUT2D eigenvalue weighted by molar-refractivity contribution is 0.0967. The predicted octanol–water partition coefficient (Wildman–Crippen LogP) is 2.81. The van der Waals surface area contributed by atoms with Crippen LogP contribution in [0.4, 0.5) is 5.69 Å². The Labute approximate surface area is 146 Å². The Morgan fingerprint density at radius 3 is 2.48 bits per heavy atom. The van der Waals surface area contributed by atoms with E-state index in [-0.39, 0.29) is 11.6 Å². The van der Waals surface area contributed by atoms with Crippen molar-refractivity contribution in [1.29, 1.82) is 0 Å². The van der Waals surface area contributed by atoms with Gasteiger partial charge in [-0.25, -0.2) is 5.01 Å². The number of hydrogen-bond donors (Lipinski definition) is 1. The van der Waals surface area contributed by atoms with E-state index in [9.17, 15) is 4.79 Å². The maximum absolute atomic E-state index is 12.9. The highest BCUT2D eigenvalue weighted by Crippen LogP contribution is 2.33. The summed E-state index contributed by atoms with van der Waals surface area (Å²) in [5.74, 6) is 0.263. The number of hydrazone groups is 1. The van der Waals surface area contributed by atoms with Gasteiger partial charge in [0.2, 0.25) is 0 Å². The fraction of sp³-hybridized carbons (Fsp3) is 0.158. The molecule has 0 bridgehead atoms. The van der Waals surface area contributed by atoms with Crippen molar-refractivity contribution in [3.8, 4) is 11.5 Å². The number of rotatable bonds is 5. The van der Waals surface area contributed by atoms with E-state index < -0.39 is 5.92 Å². The van der Waals surface area contributed by atoms with Crippen molar-refractivity contribution in [2.45, 2.75) is 0 Å². The van der Waals surface area contributed by atoms with Gasteiger partial charge in [0.25, 0.3) is 0 Å². The van der Waals surface area contributed by atoms with Crippen LogP contribution in [-0.2, 0) is 0 Å². The molecule has 0 fully saturated rings. The number of hydrogen-bond acceptors (Lipinski definition) is 6. The van der Waals surface area contributed by atoms with Gasteiger partial charge in [0.05, 0.1) is 25.5 Å². The largest absolute Gasteiger partial charge is 0.493 e. The molecule has 0 saturated carbocycles. The molecule has 1 aliphatic heterocycles. The van der Waals surface area contributed by atoms with E-state index >= 15 is 0 Å². The Bertz CT molecular complexity index is 831. The summed E-state index contributed by atoms with van der Waals surface area (Å²) in [5.41, 5.74) is 7.34. The van der Waals surface area contributed by atoms with Crippen LogP contribution < -0.4 is 20.2 Å². The van der Waals surface area contributed by atoms with E-state index in [1.165, 1.54) is 14.2 Å². The Balaban J connectivity index is 1.89. The number of anilines is 1. The summed E-state index contributed by atoms with van der Waals surface area (Å²) in [6, 6.07) is 14.7. The summed E-state index contributed by atoms with van der Waals surface area (Å²) in [6.45, 7) is 0. The highest BCUT2D eigenvalue weighted by atomic mass is 16.5. The third kappa shape index (κ3) is 3.19. The van der Waals surface area contributed by atoms with E-state index in [1.54, 1.807) is 35.5 Å². The van der Waals surface area contributed by atoms with Crippen molar-refractivity contribution >= 4 is 17.3 Å². The molecule has 0 aromatic heterocycles. The van der Waals surface area contributed by atoms with Gasteiger partial charge in [0, 0.05) is 6.20 Å². The standard InChI is InChI=1S/C19H19N3O3/c1-24-16-10-6-9-14(18(16)25-2)17(23)15-11-12-22(21-19(15)20)13-7-4-3-5-8-13/h3-12,15H,1-2H3,(H2,20,21). The van der Waals surface area contributed by atoms with E-state index in [0.29, 0.717) is 17.1 Å². The fourth-order valence-electron chi connectivity index (χ4n) is 2.68. The molecule has 1 heterocycles. The summed E-state index contributed by atoms with van der Waals surface area (Å²) in [6.07, 6.45) is 3.47. The van der Waals surface area contributed by atoms with Gasteiger partial charge < -0.3 is 15.2 Å². The van der Waals surface area contributed by atoms with Gasteiger partial charge >= 0.3 is 0 Å². The maximum atomic E-state index is 12.9. The number of amidine groups is 1. The maximum Gasteiger partial charge on any atom is 0.181 e. The van der Waals surface area contributed by atoms with Crippen LogP contribution in [-0.4, -0.2) is 25.8 Å². The highest BCUT2D eigenvalue weighted by molar-refractivity contribution is 6.14. The topological polar surface area (TPSA) is 77.2 Å². The third-order valence-corrected chi connectivity index (χ3v) is 3.93. The minimum atomic E-state index is -0.652. The molecule has 0 aliphatic carbocycles. The van der Waals surface area contributed by atoms with Gasteiger partial charge in [-0.2, -0.15) is 5.10 Å². The second-order valence-corrected chi connectivity index (χ2v) is 5.43. The fourth-order valence-corrected chi connectivity index (χ4v) is 2.68. The lowest BCUT2D eigenvalue weighted by Crippen LogP contribution is -2.35. The summed E-state index contributed by atoms with van der Waals surface area (Å²) >= 11 is 0. The number of carbonyl (C=O) groups is 1. The molecule has 0 spiro atoms. The minimum Gasteiger partial charge on any atom is -0.493 e. The van der Waals surface area contributed by atoms with Crippen LogP contribution in [0.3, 0.4) is 0 Å². The van der Waals surface area contributed by atoms with Crippen LogP contribution in [0, 0.1) is 5.92 Å². The molecule has 2 aromatic carbocycles. The molecular weight excluding hydrogens is 318 g/mol. The van der Waals surface area contributed by atoms with Crippen molar-refractivity contribution in [3.63, 3.8) is 0 Å². The number of benzene rings is 2. The van der Waals surface area contributed by atoms with Crippen LogP contribution in [0.1, 0.15) is 10.4 Å². The van der Waals surface area contributed by atoms with Crippen LogP contribution in [0.5, 0.6) is 11.5 Å². The van der Waals surface area contributed by atoms with Crippen molar-refractivity contribution in [2.24, 2.45) is 16.8 Å². The van der Waals surface area contributed by atoms with E-state index in [0.717, 1.165) is 5.69 Å². The van der Waals surface area contributed by atoms with Crippen molar-refractivity contribution in [1.82, 2.24) is 0 Å². The van der Waals surface area contributed by atoms with Gasteiger partial charge in [0.15, 0.2) is 17.3 Å². The summed E-state index contributed by atoms with van der Waals surface area (Å²) in [7, 11) is 3.03. The molecule has 128 valence electrons. The molecule has 3 rings (SSSR count). The normalized spacial score (nSPS) is 16.3. The molecule has 0 amide bonds. The van der Waals surface area contributed by atoms with Crippen LogP contribution >= 0.6 is 0 Å². The minimum absolute atomic E-state index is 0.194. The second-order valence-electron chi connectivity index (χ2n) is 5.43. The average Bonchev–Trinajstić information content (AvgIpc) is 2.67. The lowest BCUT2D eigenvalue weighted by Gasteiger charge is -2.23. The first kappa shape index (κ1) is 16.6. The smallest absolute Gasteiger partial charge is 0.181 e. The number of methoxy groups -OCH3 is 2. The molecule has 25 heavy (non-hydrogen) atoms. The molecular formula is C19H19N3O3. The number of nitrogens with two attached hydrogens (primary N) is 1. The Kier molecular flexibility index (Phi) is 4.70. The van der Waals surface area contributed by atoms with E-state index in [4.69, 9.17) is 15.2 Å². The Morgan fingerprint density at radius 1 is 1.08 bits per heavy atom. The second kappa shape index (κ2) is 7.09. The van der Waals surface area contributed by atoms with Gasteiger partial charge in [0.1, 0.15) is 11.8 Å².